The number of nitrogens with zero attached hydrogens (tertiary/aromatic N) is 10. The molecule has 0 saturated heterocycles. The van der Waals surface area contributed by atoms with E-state index in [1.807, 2.05) is 97.1 Å². The maximum absolute atomic E-state index is 12.3. The Balaban J connectivity index is 1.07. The number of aliphatic imine (C=N–C) groups is 2. The molecule has 4 aromatic carbocycles. The van der Waals surface area contributed by atoms with Gasteiger partial charge in [0.1, 0.15) is 0 Å². The topological polar surface area (TPSA) is 400 Å². The number of unbranched alkanes of at least 4 members (excludes halogenated alkanes) is 5. The Hall–Kier alpha value is -6.33. The first-order chi connectivity index (χ1) is 51.3. The number of rotatable bonds is 46. The molecule has 0 aliphatic carbocycles. The van der Waals surface area contributed by atoms with E-state index in [4.69, 9.17) is 34.2 Å². The third-order valence-electron chi connectivity index (χ3n) is 22.1. The van der Waals surface area contributed by atoms with Crippen molar-refractivity contribution in [3.05, 3.63) is 130 Å². The first kappa shape index (κ1) is 82.1. The summed E-state index contributed by atoms with van der Waals surface area (Å²) in [5.74, 6) is 0.0510. The maximum atomic E-state index is 12.3. The molecule has 0 unspecified atom stereocenters. The molecule has 0 atom stereocenters. The molecule has 12 rings (SSSR count). The van der Waals surface area contributed by atoms with Crippen molar-refractivity contribution in [2.24, 2.45) is 20.0 Å². The molecule has 0 radical (unpaired) electrons. The number of fused-ring (bicyclic) bond motifs is 12. The number of benzene rings is 4. The Kier molecular flexibility index (Phi) is 23.3. The van der Waals surface area contributed by atoms with Crippen LogP contribution in [-0.2, 0) is 77.8 Å². The van der Waals surface area contributed by atoms with E-state index in [2.05, 4.69) is 43.1 Å². The summed E-state index contributed by atoms with van der Waals surface area (Å²) in [6.07, 6.45) is 2.97. The van der Waals surface area contributed by atoms with Crippen molar-refractivity contribution in [3.63, 3.8) is 0 Å². The van der Waals surface area contributed by atoms with Gasteiger partial charge in [0.15, 0.2) is 0 Å². The zero-order chi connectivity index (χ0) is 78.3. The second-order valence-electron chi connectivity index (χ2n) is 30.9. The predicted molar refractivity (Wildman–Crippen MR) is 419 cm³/mol. The molecule has 2 aromatic heterocycles. The van der Waals surface area contributed by atoms with Crippen LogP contribution in [0.25, 0.3) is 21.5 Å². The van der Waals surface area contributed by atoms with E-state index in [9.17, 15) is 77.9 Å². The van der Waals surface area contributed by atoms with Gasteiger partial charge < -0.3 is 4.74 Å². The molecule has 109 heavy (non-hydrogen) atoms. The fourth-order valence-corrected chi connectivity index (χ4v) is 42.9. The van der Waals surface area contributed by atoms with Gasteiger partial charge in [-0.3, -0.25) is 4.79 Å². The van der Waals surface area contributed by atoms with Crippen molar-refractivity contribution < 1.29 is 110 Å². The molecule has 31 nitrogen and oxygen atoms in total. The van der Waals surface area contributed by atoms with Gasteiger partial charge in [0, 0.05) is 0 Å². The molecule has 0 bridgehead atoms. The minimum atomic E-state index is -7.43. The molecule has 5 N–H and O–H groups in total. The van der Waals surface area contributed by atoms with E-state index in [-0.39, 0.29) is 69.4 Å². The summed E-state index contributed by atoms with van der Waals surface area (Å²) < 4.78 is 217. The zero-order valence-corrected chi connectivity index (χ0v) is 69.2. The second kappa shape index (κ2) is 30.9. The molecule has 6 aliphatic heterocycles. The van der Waals surface area contributed by atoms with Gasteiger partial charge in [-0.05, 0) is 0 Å². The summed E-state index contributed by atoms with van der Waals surface area (Å²) in [6, 6.07) is 32.8. The Bertz CT molecular complexity index is 5170. The Labute approximate surface area is 637 Å². The number of quaternary nitrogens is 2. The average Bonchev–Trinajstić information content (AvgIpc) is 1.46. The van der Waals surface area contributed by atoms with E-state index in [1.165, 1.54) is 7.11 Å². The Morgan fingerprint density at radius 3 is 1.09 bits per heavy atom. The summed E-state index contributed by atoms with van der Waals surface area (Å²) in [6.45, 7) is 12.3. The summed E-state index contributed by atoms with van der Waals surface area (Å²) >= 11 is 0. The normalized spacial score (nSPS) is 17.3. The quantitative estimate of drug-likeness (QED) is 0.00834. The van der Waals surface area contributed by atoms with Crippen LogP contribution >= 0.6 is 0 Å². The van der Waals surface area contributed by atoms with E-state index in [1.54, 1.807) is 0 Å². The van der Waals surface area contributed by atoms with Crippen molar-refractivity contribution in [1.29, 1.82) is 0 Å². The van der Waals surface area contributed by atoms with Crippen molar-refractivity contribution in [2.45, 2.75) is 122 Å². The van der Waals surface area contributed by atoms with Crippen LogP contribution in [0.2, 0.25) is 38.3 Å². The van der Waals surface area contributed by atoms with Crippen molar-refractivity contribution in [1.82, 2.24) is 8.47 Å². The summed E-state index contributed by atoms with van der Waals surface area (Å²) in [4.78, 5) is 35.4. The molecule has 6 aliphatic rings. The van der Waals surface area contributed by atoms with Crippen LogP contribution in [-0.4, -0.2) is 259 Å². The van der Waals surface area contributed by atoms with Gasteiger partial charge in [-0.2, -0.15) is 0 Å². The van der Waals surface area contributed by atoms with E-state index >= 15 is 0 Å². The third kappa shape index (κ3) is 16.3. The van der Waals surface area contributed by atoms with Gasteiger partial charge in [0.05, 0.1) is 20.1 Å². The van der Waals surface area contributed by atoms with Crippen LogP contribution in [0.4, 0.5) is 11.6 Å². The number of carbonyl (C=O) groups is 1. The number of amidine groups is 4. The molecule has 39 heteroatoms. The molecule has 0 saturated carbocycles. The molecule has 1 spiro atoms. The molecule has 596 valence electrons. The first-order valence-electron chi connectivity index (χ1n) is 37.2. The molecule has 8 heterocycles. The fraction of sp³-hybridized carbons (Fsp3) is 0.529. The molecule has 0 fully saturated rings. The van der Waals surface area contributed by atoms with E-state index < -0.39 is 110 Å². The van der Waals surface area contributed by atoms with E-state index in [0.29, 0.717) is 160 Å². The molecule has 0 amide bonds. The van der Waals surface area contributed by atoms with Crippen molar-refractivity contribution in [3.8, 4) is 0 Å². The van der Waals surface area contributed by atoms with Gasteiger partial charge >= 0.3 is 612 Å². The molecular weight excluding hydrogens is 1560 g/mol. The number of aromatic nitrogens is 2. The number of esters is 1. The summed E-state index contributed by atoms with van der Waals surface area (Å²) in [5, 5.41) is 2.99. The zero-order valence-electron chi connectivity index (χ0n) is 62.1. The van der Waals surface area contributed by atoms with Crippen LogP contribution in [0.15, 0.2) is 117 Å². The fourth-order valence-electron chi connectivity index (χ4n) is 17.8. The van der Waals surface area contributed by atoms with Crippen LogP contribution < -0.4 is 11.0 Å². The minimum absolute atomic E-state index is 0.0528. The van der Waals surface area contributed by atoms with Gasteiger partial charge in [-0.15, -0.1) is 0 Å². The monoisotopic (exact) mass is 1660 g/mol. The number of methoxy groups -OCH3 is 1. The van der Waals surface area contributed by atoms with E-state index in [0.717, 1.165) is 43.8 Å². The third-order valence-corrected chi connectivity index (χ3v) is 42.8. The van der Waals surface area contributed by atoms with Crippen molar-refractivity contribution in [2.75, 3.05) is 115 Å². The standard InChI is InChI=1S/C70H98N10O21S5Si3/c1-97-62(81)34-43-98-45-46-99-44-42-80(38-17-22-50-105(91,92)93,39-18-23-51-106(94,95)96)41-25-53-108(4,5)101-109(100-107(2,3)52-24-40-79(35-14-19-47-102(82,83)84,36-15-20-48-103(85,86)87)37-16-21-49-104(88,89)90)75-63-54-26-6-7-27-55(54)64(75)72-66-58-30-10-11-31-59(58)68(77(66)109)74-70-61-33-13-12-32-60(61)69(78(70)109)73-67-57-29-9-8-28-56(57)65(71-63)76(67)109/h6-13,26-33H,14-25,34-53H2,1-5H3,(H3-2,82,83,84,85,86,87,88,89,90,91,92,93,94,95,96)/p+2. The first-order valence-corrected chi connectivity index (χ1v) is 54.1. The number of ether oxygens (including phenoxy) is 3. The summed E-state index contributed by atoms with van der Waals surface area (Å²) in [7, 11) is -35.4. The SMILES string of the molecule is COC(=O)CCOCCOCC[N+](CCCCS(=O)(=O)O)(CCCCS(=O)(=O)O)CCC[Si](C)(C)O[Si-2]123(O[Si](C)(C)CCC[N+](CCCCS(=O)(=O)O)(CCCCS(=O)(=O)O)CCCCS(=O)(=O)O)n4c5c6ccccc6c4N=C4c6ccccc6C(=[N+]41)N=c1c4ccccc4c(n12)=NC1=[N+]3C(=N5)c2ccccc21. The van der Waals surface area contributed by atoms with Crippen molar-refractivity contribution >= 4 is 137 Å². The van der Waals surface area contributed by atoms with Gasteiger partial charge in [-0.25, -0.2) is 0 Å². The van der Waals surface area contributed by atoms with Crippen LogP contribution in [0.5, 0.6) is 0 Å². The average molecular weight is 1660 g/mol. The Morgan fingerprint density at radius 2 is 0.734 bits per heavy atom. The second-order valence-corrected chi connectivity index (χ2v) is 53.0. The van der Waals surface area contributed by atoms with Crippen LogP contribution in [0, 0.1) is 0 Å². The number of hydrogen-bond acceptors (Lipinski definition) is 20. The van der Waals surface area contributed by atoms with Crippen LogP contribution in [0.3, 0.4) is 0 Å². The molecule has 6 aromatic rings. The summed E-state index contributed by atoms with van der Waals surface area (Å²) in [5.41, 5.74) is 3.98. The number of carbonyl (C=O) groups excluding carboxylic acids is 1. The van der Waals surface area contributed by atoms with Gasteiger partial charge in [0.2, 0.25) is 0 Å². The van der Waals surface area contributed by atoms with Crippen LogP contribution in [0.1, 0.15) is 106 Å². The molecular formula is C70H100N10O21S5Si3+2. The van der Waals surface area contributed by atoms with Gasteiger partial charge in [-0.1, -0.05) is 0 Å². The predicted octanol–water partition coefficient (Wildman–Crippen LogP) is 7.12. The van der Waals surface area contributed by atoms with Gasteiger partial charge in [0.25, 0.3) is 0 Å². The Morgan fingerprint density at radius 1 is 0.413 bits per heavy atom. The number of hydrogen-bond donors (Lipinski definition) is 5.